The summed E-state index contributed by atoms with van der Waals surface area (Å²) in [4.78, 5) is 16.5. The summed E-state index contributed by atoms with van der Waals surface area (Å²) in [6, 6.07) is 8.32. The average molecular weight is 291 g/mol. The van der Waals surface area contributed by atoms with Gasteiger partial charge in [0, 0.05) is 39.4 Å². The summed E-state index contributed by atoms with van der Waals surface area (Å²) in [7, 11) is 4.04. The minimum atomic E-state index is -0.0917. The highest BCUT2D eigenvalue weighted by Crippen LogP contribution is 2.17. The third-order valence-electron chi connectivity index (χ3n) is 3.90. The Morgan fingerprint density at radius 2 is 1.76 bits per heavy atom. The predicted octanol–water partition coefficient (Wildman–Crippen LogP) is 2.33. The Balaban J connectivity index is 2.79. The number of carbonyl (C=O) groups is 1. The van der Waals surface area contributed by atoms with Crippen LogP contribution < -0.4 is 10.6 Å². The van der Waals surface area contributed by atoms with E-state index in [4.69, 9.17) is 5.73 Å². The number of hydrogen-bond acceptors (Lipinski definition) is 3. The maximum Gasteiger partial charge on any atom is 0.227 e. The molecule has 1 amide bonds. The Hall–Kier alpha value is -1.55. The predicted molar refractivity (Wildman–Crippen MR) is 89.2 cm³/mol. The van der Waals surface area contributed by atoms with Crippen molar-refractivity contribution in [1.29, 1.82) is 0 Å². The Labute approximate surface area is 128 Å². The molecule has 0 bridgehead atoms. The third-order valence-corrected chi connectivity index (χ3v) is 3.90. The molecule has 1 aromatic carbocycles. The molecule has 0 spiro atoms. The van der Waals surface area contributed by atoms with Gasteiger partial charge in [0.05, 0.1) is 5.92 Å². The van der Waals surface area contributed by atoms with Crippen LogP contribution in [0.4, 0.5) is 5.69 Å². The van der Waals surface area contributed by atoms with Crippen molar-refractivity contribution >= 4 is 11.6 Å². The first-order valence-corrected chi connectivity index (χ1v) is 7.65. The number of amides is 1. The van der Waals surface area contributed by atoms with E-state index in [0.29, 0.717) is 19.6 Å². The molecular weight excluding hydrogens is 262 g/mol. The van der Waals surface area contributed by atoms with Gasteiger partial charge in [0.2, 0.25) is 5.91 Å². The second-order valence-corrected chi connectivity index (χ2v) is 6.00. The number of benzene rings is 1. The molecule has 0 radical (unpaired) electrons. The van der Waals surface area contributed by atoms with Crippen molar-refractivity contribution in [3.63, 3.8) is 0 Å². The van der Waals surface area contributed by atoms with E-state index in [1.807, 2.05) is 25.9 Å². The number of hydrogen-bond donors (Lipinski definition) is 1. The summed E-state index contributed by atoms with van der Waals surface area (Å²) in [6.45, 7) is 7.88. The molecule has 0 aliphatic carbocycles. The lowest BCUT2D eigenvalue weighted by Crippen LogP contribution is -2.40. The Morgan fingerprint density at radius 1 is 1.19 bits per heavy atom. The van der Waals surface area contributed by atoms with Crippen molar-refractivity contribution in [2.24, 2.45) is 17.6 Å². The van der Waals surface area contributed by atoms with Crippen LogP contribution in [0.5, 0.6) is 0 Å². The lowest BCUT2D eigenvalue weighted by Gasteiger charge is -2.28. The number of carbonyl (C=O) groups excluding carboxylic acids is 1. The van der Waals surface area contributed by atoms with Crippen molar-refractivity contribution in [3.8, 4) is 0 Å². The quantitative estimate of drug-likeness (QED) is 0.839. The molecule has 0 aromatic heterocycles. The van der Waals surface area contributed by atoms with Gasteiger partial charge in [-0.1, -0.05) is 26.0 Å². The highest BCUT2D eigenvalue weighted by Gasteiger charge is 2.25. The number of nitrogens with zero attached hydrogens (tertiary/aromatic N) is 2. The zero-order valence-corrected chi connectivity index (χ0v) is 14.0. The maximum absolute atomic E-state index is 12.6. The van der Waals surface area contributed by atoms with Crippen LogP contribution in [0.3, 0.4) is 0 Å². The van der Waals surface area contributed by atoms with Crippen molar-refractivity contribution in [2.75, 3.05) is 32.1 Å². The molecule has 1 atom stereocenters. The van der Waals surface area contributed by atoms with Gasteiger partial charge in [0.15, 0.2) is 0 Å². The van der Waals surface area contributed by atoms with Gasteiger partial charge in [-0.2, -0.15) is 0 Å². The van der Waals surface area contributed by atoms with Crippen LogP contribution in [0, 0.1) is 11.8 Å². The summed E-state index contributed by atoms with van der Waals surface area (Å²) in [6.07, 6.45) is 0. The fourth-order valence-electron chi connectivity index (χ4n) is 2.36. The Kier molecular flexibility index (Phi) is 6.69. The van der Waals surface area contributed by atoms with Crippen molar-refractivity contribution in [1.82, 2.24) is 4.90 Å². The molecule has 1 unspecified atom stereocenters. The van der Waals surface area contributed by atoms with Crippen molar-refractivity contribution < 1.29 is 4.79 Å². The molecule has 0 saturated carbocycles. The van der Waals surface area contributed by atoms with Gasteiger partial charge < -0.3 is 15.5 Å². The molecule has 0 heterocycles. The zero-order valence-electron chi connectivity index (χ0n) is 14.0. The maximum atomic E-state index is 12.6. The van der Waals surface area contributed by atoms with Crippen LogP contribution in [0.15, 0.2) is 24.3 Å². The molecule has 0 aliphatic rings. The van der Waals surface area contributed by atoms with Crippen LogP contribution in [0.2, 0.25) is 0 Å². The van der Waals surface area contributed by atoms with Crippen LogP contribution in [0.25, 0.3) is 0 Å². The van der Waals surface area contributed by atoms with E-state index in [2.05, 4.69) is 43.0 Å². The van der Waals surface area contributed by atoms with Gasteiger partial charge in [-0.25, -0.2) is 0 Å². The topological polar surface area (TPSA) is 49.6 Å². The van der Waals surface area contributed by atoms with E-state index < -0.39 is 0 Å². The second-order valence-electron chi connectivity index (χ2n) is 6.00. The first-order chi connectivity index (χ1) is 9.90. The van der Waals surface area contributed by atoms with Crippen LogP contribution in [0.1, 0.15) is 26.3 Å². The first kappa shape index (κ1) is 17.5. The first-order valence-electron chi connectivity index (χ1n) is 7.65. The van der Waals surface area contributed by atoms with Gasteiger partial charge in [0.25, 0.3) is 0 Å². The van der Waals surface area contributed by atoms with E-state index >= 15 is 0 Å². The monoisotopic (exact) mass is 291 g/mol. The van der Waals surface area contributed by atoms with E-state index in [-0.39, 0.29) is 17.7 Å². The van der Waals surface area contributed by atoms with Crippen LogP contribution >= 0.6 is 0 Å². The summed E-state index contributed by atoms with van der Waals surface area (Å²) < 4.78 is 0. The molecule has 1 aromatic rings. The van der Waals surface area contributed by atoms with E-state index in [1.165, 1.54) is 0 Å². The molecule has 2 N–H and O–H groups in total. The SMILES string of the molecule is CCN(Cc1ccc(N(C)C)cc1)C(=O)C(CN)C(C)C. The van der Waals surface area contributed by atoms with Crippen molar-refractivity contribution in [2.45, 2.75) is 27.3 Å². The zero-order chi connectivity index (χ0) is 16.0. The van der Waals surface area contributed by atoms with E-state index in [0.717, 1.165) is 11.3 Å². The summed E-state index contributed by atoms with van der Waals surface area (Å²) in [5.74, 6) is 0.338. The number of nitrogens with two attached hydrogens (primary N) is 1. The Bertz CT molecular complexity index is 440. The third kappa shape index (κ3) is 4.74. The molecule has 0 aliphatic heterocycles. The van der Waals surface area contributed by atoms with Gasteiger partial charge in [0.1, 0.15) is 0 Å². The molecule has 1 rings (SSSR count). The van der Waals surface area contributed by atoms with E-state index in [1.54, 1.807) is 0 Å². The largest absolute Gasteiger partial charge is 0.378 e. The molecule has 4 heteroatoms. The number of rotatable bonds is 7. The summed E-state index contributed by atoms with van der Waals surface area (Å²) in [5, 5.41) is 0. The smallest absolute Gasteiger partial charge is 0.227 e. The lowest BCUT2D eigenvalue weighted by atomic mass is 9.94. The molecule has 0 saturated heterocycles. The second kappa shape index (κ2) is 8.03. The molecule has 118 valence electrons. The van der Waals surface area contributed by atoms with Crippen LogP contribution in [-0.4, -0.2) is 38.0 Å². The fourth-order valence-corrected chi connectivity index (χ4v) is 2.36. The fraction of sp³-hybridized carbons (Fsp3) is 0.588. The van der Waals surface area contributed by atoms with Crippen LogP contribution in [-0.2, 0) is 11.3 Å². The highest BCUT2D eigenvalue weighted by atomic mass is 16.2. The minimum absolute atomic E-state index is 0.0917. The summed E-state index contributed by atoms with van der Waals surface area (Å²) in [5.41, 5.74) is 8.07. The number of anilines is 1. The molecule has 21 heavy (non-hydrogen) atoms. The van der Waals surface area contributed by atoms with Gasteiger partial charge in [-0.05, 0) is 30.5 Å². The summed E-state index contributed by atoms with van der Waals surface area (Å²) >= 11 is 0. The Morgan fingerprint density at radius 3 is 2.14 bits per heavy atom. The van der Waals surface area contributed by atoms with Crippen molar-refractivity contribution in [3.05, 3.63) is 29.8 Å². The molecule has 4 nitrogen and oxygen atoms in total. The van der Waals surface area contributed by atoms with E-state index in [9.17, 15) is 4.79 Å². The van der Waals surface area contributed by atoms with Gasteiger partial charge >= 0.3 is 0 Å². The average Bonchev–Trinajstić information content (AvgIpc) is 2.45. The standard InChI is InChI=1S/C17H29N3O/c1-6-20(17(21)16(11-18)13(2)3)12-14-7-9-15(10-8-14)19(4)5/h7-10,13,16H,6,11-12,18H2,1-5H3. The highest BCUT2D eigenvalue weighted by molar-refractivity contribution is 5.79. The normalized spacial score (nSPS) is 12.3. The molecular formula is C17H29N3O. The lowest BCUT2D eigenvalue weighted by molar-refractivity contribution is -0.137. The van der Waals surface area contributed by atoms with Gasteiger partial charge in [-0.3, -0.25) is 4.79 Å². The minimum Gasteiger partial charge on any atom is -0.378 e. The molecule has 0 fully saturated rings. The van der Waals surface area contributed by atoms with Gasteiger partial charge in [-0.15, -0.1) is 0 Å².